The fourth-order valence-electron chi connectivity index (χ4n) is 3.43. The molecule has 136 valence electrons. The van der Waals surface area contributed by atoms with Crippen LogP contribution in [0.1, 0.15) is 12.0 Å². The molecule has 0 aromatic carbocycles. The lowest BCUT2D eigenvalue weighted by molar-refractivity contribution is -0.139. The molecule has 0 aliphatic carbocycles. The Morgan fingerprint density at radius 3 is 2.60 bits per heavy atom. The van der Waals surface area contributed by atoms with Crippen LogP contribution in [0.4, 0.5) is 0 Å². The number of carbonyl (C=O) groups is 2. The number of likely N-dealkylation sites (N-methyl/N-ethyl adjacent to an activating group) is 1. The third-order valence-electron chi connectivity index (χ3n) is 5.16. The van der Waals surface area contributed by atoms with Crippen molar-refractivity contribution in [3.05, 3.63) is 30.1 Å². The van der Waals surface area contributed by atoms with Gasteiger partial charge in [0.05, 0.1) is 12.5 Å². The number of pyridine rings is 1. The van der Waals surface area contributed by atoms with E-state index in [1.54, 1.807) is 0 Å². The second kappa shape index (κ2) is 8.40. The average molecular weight is 345 g/mol. The minimum absolute atomic E-state index is 0.0295. The number of hydrogen-bond acceptors (Lipinski definition) is 5. The summed E-state index contributed by atoms with van der Waals surface area (Å²) in [6, 6.07) is 3.77. The number of amides is 2. The molecule has 0 spiro atoms. The standard InChI is InChI=1S/C18H27N5O2/c1-21-9-7-20-18(25)16(21)14-17(24)23-12-10-22(11-13-23)8-4-15-2-5-19-6-3-15/h2-3,5-6,16H,4,7-14H2,1H3,(H,20,25)/t16-/m1/s1. The van der Waals surface area contributed by atoms with Gasteiger partial charge in [0.2, 0.25) is 11.8 Å². The smallest absolute Gasteiger partial charge is 0.237 e. The molecular formula is C18H27N5O2. The lowest BCUT2D eigenvalue weighted by Crippen LogP contribution is -2.56. The molecule has 1 atom stereocenters. The highest BCUT2D eigenvalue weighted by Crippen LogP contribution is 2.11. The van der Waals surface area contributed by atoms with Gasteiger partial charge in [-0.15, -0.1) is 0 Å². The molecule has 25 heavy (non-hydrogen) atoms. The molecule has 1 aromatic rings. The van der Waals surface area contributed by atoms with E-state index in [1.807, 2.05) is 41.4 Å². The Morgan fingerprint density at radius 2 is 1.92 bits per heavy atom. The highest BCUT2D eigenvalue weighted by Gasteiger charge is 2.31. The van der Waals surface area contributed by atoms with Crippen molar-refractivity contribution >= 4 is 11.8 Å². The molecule has 7 heteroatoms. The summed E-state index contributed by atoms with van der Waals surface area (Å²) < 4.78 is 0. The topological polar surface area (TPSA) is 68.8 Å². The minimum Gasteiger partial charge on any atom is -0.353 e. The zero-order chi connectivity index (χ0) is 17.6. The van der Waals surface area contributed by atoms with Crippen LogP contribution < -0.4 is 5.32 Å². The summed E-state index contributed by atoms with van der Waals surface area (Å²) in [5.41, 5.74) is 1.29. The molecule has 3 heterocycles. The maximum atomic E-state index is 12.5. The number of nitrogens with one attached hydrogen (secondary N) is 1. The SMILES string of the molecule is CN1CCNC(=O)[C@H]1CC(=O)N1CCN(CCc2ccncc2)CC1. The highest BCUT2D eigenvalue weighted by molar-refractivity contribution is 5.88. The largest absolute Gasteiger partial charge is 0.353 e. The quantitative estimate of drug-likeness (QED) is 0.786. The van der Waals surface area contributed by atoms with Crippen LogP contribution in [-0.2, 0) is 16.0 Å². The second-order valence-corrected chi connectivity index (χ2v) is 6.82. The predicted molar refractivity (Wildman–Crippen MR) is 95.0 cm³/mol. The Morgan fingerprint density at radius 1 is 1.20 bits per heavy atom. The summed E-state index contributed by atoms with van der Waals surface area (Å²) in [4.78, 5) is 34.8. The van der Waals surface area contributed by atoms with Crippen LogP contribution in [0.25, 0.3) is 0 Å². The molecule has 2 aliphatic heterocycles. The van der Waals surface area contributed by atoms with Gasteiger partial charge in [0.25, 0.3) is 0 Å². The molecule has 2 aliphatic rings. The highest BCUT2D eigenvalue weighted by atomic mass is 16.2. The van der Waals surface area contributed by atoms with Gasteiger partial charge < -0.3 is 10.2 Å². The van der Waals surface area contributed by atoms with E-state index in [1.165, 1.54) is 5.56 Å². The first-order chi connectivity index (χ1) is 12.1. The molecule has 0 radical (unpaired) electrons. The van der Waals surface area contributed by atoms with Gasteiger partial charge in [-0.1, -0.05) is 0 Å². The number of rotatable bonds is 5. The van der Waals surface area contributed by atoms with Crippen LogP contribution >= 0.6 is 0 Å². The van der Waals surface area contributed by atoms with Gasteiger partial charge in [0.1, 0.15) is 0 Å². The zero-order valence-corrected chi connectivity index (χ0v) is 14.9. The van der Waals surface area contributed by atoms with Crippen LogP contribution in [0.15, 0.2) is 24.5 Å². The molecule has 2 amide bonds. The fraction of sp³-hybridized carbons (Fsp3) is 0.611. The molecular weight excluding hydrogens is 318 g/mol. The first kappa shape index (κ1) is 17.8. The molecule has 1 aromatic heterocycles. The van der Waals surface area contributed by atoms with E-state index in [9.17, 15) is 9.59 Å². The van der Waals surface area contributed by atoms with Crippen molar-refractivity contribution in [2.75, 3.05) is 52.9 Å². The van der Waals surface area contributed by atoms with Gasteiger partial charge in [-0.3, -0.25) is 24.4 Å². The van der Waals surface area contributed by atoms with E-state index in [0.717, 1.165) is 45.7 Å². The minimum atomic E-state index is -0.328. The molecule has 3 rings (SSSR count). The summed E-state index contributed by atoms with van der Waals surface area (Å²) in [5, 5.41) is 2.85. The fourth-order valence-corrected chi connectivity index (χ4v) is 3.43. The number of nitrogens with zero attached hydrogens (tertiary/aromatic N) is 4. The normalized spacial score (nSPS) is 22.7. The van der Waals surface area contributed by atoms with Crippen molar-refractivity contribution in [3.8, 4) is 0 Å². The van der Waals surface area contributed by atoms with E-state index >= 15 is 0 Å². The lowest BCUT2D eigenvalue weighted by atomic mass is 10.1. The Kier molecular flexibility index (Phi) is 5.99. The molecule has 0 saturated carbocycles. The van der Waals surface area contributed by atoms with Gasteiger partial charge in [-0.2, -0.15) is 0 Å². The van der Waals surface area contributed by atoms with E-state index in [4.69, 9.17) is 0 Å². The summed E-state index contributed by atoms with van der Waals surface area (Å²) >= 11 is 0. The van der Waals surface area contributed by atoms with Gasteiger partial charge >= 0.3 is 0 Å². The Balaban J connectivity index is 1.42. The van der Waals surface area contributed by atoms with Crippen LogP contribution in [0.3, 0.4) is 0 Å². The molecule has 2 fully saturated rings. The first-order valence-electron chi connectivity index (χ1n) is 9.00. The third kappa shape index (κ3) is 4.76. The second-order valence-electron chi connectivity index (χ2n) is 6.82. The molecule has 0 unspecified atom stereocenters. The molecule has 0 bridgehead atoms. The van der Waals surface area contributed by atoms with Crippen molar-refractivity contribution in [2.45, 2.75) is 18.9 Å². The van der Waals surface area contributed by atoms with E-state index in [2.05, 4.69) is 15.2 Å². The van der Waals surface area contributed by atoms with Crippen LogP contribution in [0.5, 0.6) is 0 Å². The van der Waals surface area contributed by atoms with Crippen molar-refractivity contribution < 1.29 is 9.59 Å². The number of piperazine rings is 2. The predicted octanol–water partition coefficient (Wildman–Crippen LogP) is -0.411. The Bertz CT molecular complexity index is 586. The summed E-state index contributed by atoms with van der Waals surface area (Å²) in [5.74, 6) is 0.0563. The van der Waals surface area contributed by atoms with E-state index in [0.29, 0.717) is 6.54 Å². The average Bonchev–Trinajstić information content (AvgIpc) is 2.64. The Hall–Kier alpha value is -1.99. The first-order valence-corrected chi connectivity index (χ1v) is 9.00. The summed E-state index contributed by atoms with van der Waals surface area (Å²) in [6.45, 7) is 5.73. The number of aromatic nitrogens is 1. The van der Waals surface area contributed by atoms with Crippen molar-refractivity contribution in [3.63, 3.8) is 0 Å². The Labute approximate surface area is 149 Å². The molecule has 2 saturated heterocycles. The number of hydrogen-bond donors (Lipinski definition) is 1. The summed E-state index contributed by atoms with van der Waals surface area (Å²) in [6.07, 6.45) is 4.93. The van der Waals surface area contributed by atoms with E-state index in [-0.39, 0.29) is 24.3 Å². The van der Waals surface area contributed by atoms with Gasteiger partial charge in [0.15, 0.2) is 0 Å². The van der Waals surface area contributed by atoms with Gasteiger partial charge in [-0.05, 0) is 31.2 Å². The molecule has 7 nitrogen and oxygen atoms in total. The van der Waals surface area contributed by atoms with Gasteiger partial charge in [0, 0.05) is 58.2 Å². The van der Waals surface area contributed by atoms with E-state index < -0.39 is 0 Å². The van der Waals surface area contributed by atoms with Crippen LogP contribution in [-0.4, -0.2) is 90.4 Å². The van der Waals surface area contributed by atoms with Gasteiger partial charge in [-0.25, -0.2) is 0 Å². The maximum absolute atomic E-state index is 12.5. The number of carbonyl (C=O) groups excluding carboxylic acids is 2. The van der Waals surface area contributed by atoms with Crippen LogP contribution in [0.2, 0.25) is 0 Å². The third-order valence-corrected chi connectivity index (χ3v) is 5.16. The van der Waals surface area contributed by atoms with Crippen molar-refractivity contribution in [1.29, 1.82) is 0 Å². The maximum Gasteiger partial charge on any atom is 0.237 e. The zero-order valence-electron chi connectivity index (χ0n) is 14.9. The van der Waals surface area contributed by atoms with Crippen LogP contribution in [0, 0.1) is 0 Å². The lowest BCUT2D eigenvalue weighted by Gasteiger charge is -2.37. The monoisotopic (exact) mass is 345 g/mol. The molecule has 1 N–H and O–H groups in total. The van der Waals surface area contributed by atoms with Crippen molar-refractivity contribution in [2.24, 2.45) is 0 Å². The summed E-state index contributed by atoms with van der Waals surface area (Å²) in [7, 11) is 1.91. The van der Waals surface area contributed by atoms with Crippen molar-refractivity contribution in [1.82, 2.24) is 25.0 Å².